The molecule has 0 bridgehead atoms. The summed E-state index contributed by atoms with van der Waals surface area (Å²) >= 11 is 0. The highest BCUT2D eigenvalue weighted by Crippen LogP contribution is 2.43. The number of amides is 2. The van der Waals surface area contributed by atoms with Gasteiger partial charge in [0.25, 0.3) is 0 Å². The molecule has 0 unspecified atom stereocenters. The summed E-state index contributed by atoms with van der Waals surface area (Å²) in [5, 5.41) is 11.1. The molecule has 0 aliphatic carbocycles. The number of aromatic nitrogens is 6. The number of halogens is 2. The van der Waals surface area contributed by atoms with Crippen molar-refractivity contribution in [3.63, 3.8) is 0 Å². The second kappa shape index (κ2) is 18.0. The van der Waals surface area contributed by atoms with Gasteiger partial charge in [0.05, 0.1) is 75.8 Å². The number of nitrogens with zero attached hydrogens (tertiary/aromatic N) is 9. The molecule has 374 valence electrons. The molecule has 4 atom stereocenters. The number of hydrogen-bond acceptors (Lipinski definition) is 12. The number of fused-ring (bicyclic) bond motifs is 2. The number of carbonyl (C=O) groups is 2. The van der Waals surface area contributed by atoms with E-state index in [1.807, 2.05) is 68.7 Å². The van der Waals surface area contributed by atoms with Crippen LogP contribution in [0.1, 0.15) is 103 Å². The summed E-state index contributed by atoms with van der Waals surface area (Å²) in [5.41, 5.74) is 9.19. The third-order valence-electron chi connectivity index (χ3n) is 14.3. The average Bonchev–Trinajstić information content (AvgIpc) is 4.17. The van der Waals surface area contributed by atoms with E-state index in [0.717, 1.165) is 73.9 Å². The van der Waals surface area contributed by atoms with E-state index < -0.39 is 37.7 Å². The molecule has 4 aromatic heterocycles. The number of sulfonamides is 2. The lowest BCUT2D eigenvalue weighted by molar-refractivity contribution is -0.119. The fourth-order valence-electron chi connectivity index (χ4n) is 11.0. The maximum absolute atomic E-state index is 14.4. The quantitative estimate of drug-likeness (QED) is 0.150. The van der Waals surface area contributed by atoms with Gasteiger partial charge in [0.1, 0.15) is 23.2 Å². The average molecular weight is 1010 g/mol. The number of imidazole rings is 2. The van der Waals surface area contributed by atoms with E-state index in [-0.39, 0.29) is 42.9 Å². The minimum atomic E-state index is -3.39. The lowest BCUT2D eigenvalue weighted by Gasteiger charge is -2.28. The predicted octanol–water partition coefficient (Wildman–Crippen LogP) is 7.43. The van der Waals surface area contributed by atoms with Crippen molar-refractivity contribution in [3.8, 4) is 22.3 Å². The molecule has 0 radical (unpaired) electrons. The molecule has 18 nitrogen and oxygen atoms in total. The van der Waals surface area contributed by atoms with Gasteiger partial charge in [-0.2, -0.15) is 0 Å². The maximum Gasteiger partial charge on any atom is 0.227 e. The molecule has 4 saturated heterocycles. The van der Waals surface area contributed by atoms with Crippen LogP contribution in [0, 0.1) is 46.3 Å². The van der Waals surface area contributed by atoms with Crippen molar-refractivity contribution in [3.05, 3.63) is 100 Å². The molecule has 71 heavy (non-hydrogen) atoms. The summed E-state index contributed by atoms with van der Waals surface area (Å²) in [6, 6.07) is 13.1. The van der Waals surface area contributed by atoms with Gasteiger partial charge in [-0.15, -0.1) is 0 Å². The zero-order chi connectivity index (χ0) is 50.4. The summed E-state index contributed by atoms with van der Waals surface area (Å²) in [5.74, 6) is 0.601. The number of carbonyl (C=O) groups excluding carboxylic acids is 2. The van der Waals surface area contributed by atoms with Crippen molar-refractivity contribution >= 4 is 59.6 Å². The highest BCUT2D eigenvalue weighted by Gasteiger charge is 2.41. The Hall–Kier alpha value is -6.36. The molecule has 8 heterocycles. The molecule has 0 saturated carbocycles. The van der Waals surface area contributed by atoms with Crippen LogP contribution in [-0.2, 0) is 29.6 Å². The normalized spacial score (nSPS) is 21.3. The molecule has 4 aliphatic rings. The Morgan fingerprint density at radius 2 is 1.15 bits per heavy atom. The van der Waals surface area contributed by atoms with Crippen molar-refractivity contribution in [1.29, 1.82) is 0 Å². The highest BCUT2D eigenvalue weighted by atomic mass is 32.2. The summed E-state index contributed by atoms with van der Waals surface area (Å²) in [7, 11) is -6.65. The molecular formula is C49H54F2N10O8S2. The van der Waals surface area contributed by atoms with Gasteiger partial charge in [-0.05, 0) is 107 Å². The van der Waals surface area contributed by atoms with Crippen molar-refractivity contribution in [2.45, 2.75) is 97.3 Å². The predicted molar refractivity (Wildman–Crippen MR) is 260 cm³/mol. The number of anilines is 1. The van der Waals surface area contributed by atoms with Crippen LogP contribution in [0.25, 0.3) is 44.3 Å². The van der Waals surface area contributed by atoms with E-state index in [0.29, 0.717) is 80.1 Å². The van der Waals surface area contributed by atoms with E-state index in [2.05, 4.69) is 20.2 Å². The van der Waals surface area contributed by atoms with E-state index in [4.69, 9.17) is 19.0 Å². The summed E-state index contributed by atoms with van der Waals surface area (Å²) in [6.07, 6.45) is 5.52. The standard InChI is InChI=1S/C28H29F2N5O4S.C21H25N5O4S/c1-15-11-20(29)21(30)13-25(15)35-24(7-8-26(35)36)28-31-22-12-18(27-16(2)32-39-17(27)3)5-6-23(22)34(28)19-9-10-33(14-19)40(4,37)38;1-12-20(13(2)30-24-12)14-4-6-18-17(10-14)23-21(16-5-7-19(27)22-16)26(18)15-8-9-25(11-15)31(3,28)29/h5-6,11-13,19,24H,7-10,14H2,1-4H3;4,6,10,15-16H,5,7-9,11H2,1-3H3,(H,22,27)/t19-,24+;15-,16+/m11/s1. The number of rotatable bonds is 9. The van der Waals surface area contributed by atoms with Crippen LogP contribution in [0.5, 0.6) is 0 Å². The Balaban J connectivity index is 0.000000169. The van der Waals surface area contributed by atoms with Crippen LogP contribution in [0.4, 0.5) is 14.5 Å². The molecule has 3 aromatic carbocycles. The number of nitrogens with one attached hydrogen (secondary N) is 1. The maximum atomic E-state index is 14.4. The Bertz CT molecular complexity index is 3490. The van der Waals surface area contributed by atoms with Crippen molar-refractivity contribution in [1.82, 2.24) is 43.3 Å². The van der Waals surface area contributed by atoms with Crippen LogP contribution < -0.4 is 10.2 Å². The van der Waals surface area contributed by atoms with Gasteiger partial charge in [-0.1, -0.05) is 22.4 Å². The second-order valence-electron chi connectivity index (χ2n) is 19.1. The number of aryl methyl sites for hydroxylation is 5. The van der Waals surface area contributed by atoms with Crippen molar-refractivity contribution in [2.75, 3.05) is 43.6 Å². The smallest absolute Gasteiger partial charge is 0.227 e. The molecule has 7 aromatic rings. The van der Waals surface area contributed by atoms with Gasteiger partial charge < -0.3 is 28.4 Å². The van der Waals surface area contributed by atoms with Gasteiger partial charge in [0, 0.05) is 56.2 Å². The molecule has 2 amide bonds. The first-order valence-electron chi connectivity index (χ1n) is 23.5. The van der Waals surface area contributed by atoms with Gasteiger partial charge in [0.2, 0.25) is 31.9 Å². The van der Waals surface area contributed by atoms with Gasteiger partial charge in [-0.3, -0.25) is 9.59 Å². The first-order chi connectivity index (χ1) is 33.7. The third kappa shape index (κ3) is 8.81. The van der Waals surface area contributed by atoms with Crippen LogP contribution in [0.2, 0.25) is 0 Å². The van der Waals surface area contributed by atoms with Gasteiger partial charge in [-0.25, -0.2) is 44.2 Å². The van der Waals surface area contributed by atoms with E-state index >= 15 is 0 Å². The SMILES string of the molecule is Cc1cc(F)c(F)cc1N1C(=O)CC[C@H]1c1nc2cc(-c3c(C)noc3C)ccc2n1[C@@H]1CCN(S(C)(=O)=O)C1.Cc1noc(C)c1-c1ccc2c(c1)nc([C@@H]1CCC(=O)N1)n2[C@@H]1CCN(S(C)(=O)=O)C1. The highest BCUT2D eigenvalue weighted by molar-refractivity contribution is 7.88. The fraction of sp³-hybridized carbons (Fsp3) is 0.429. The third-order valence-corrected chi connectivity index (χ3v) is 16.9. The molecular weight excluding hydrogens is 959 g/mol. The number of benzene rings is 3. The fourth-order valence-corrected chi connectivity index (χ4v) is 12.7. The first kappa shape index (κ1) is 48.3. The Kier molecular flexibility index (Phi) is 12.3. The zero-order valence-corrected chi connectivity index (χ0v) is 42.0. The largest absolute Gasteiger partial charge is 0.361 e. The van der Waals surface area contributed by atoms with Crippen molar-refractivity contribution < 1.29 is 44.3 Å². The van der Waals surface area contributed by atoms with Gasteiger partial charge in [0.15, 0.2) is 11.6 Å². The Morgan fingerprint density at radius 3 is 1.62 bits per heavy atom. The molecule has 11 rings (SSSR count). The first-order valence-corrected chi connectivity index (χ1v) is 27.2. The molecule has 4 fully saturated rings. The van der Waals surface area contributed by atoms with Crippen LogP contribution in [0.3, 0.4) is 0 Å². The lowest BCUT2D eigenvalue weighted by Crippen LogP contribution is -2.31. The topological polar surface area (TPSA) is 212 Å². The van der Waals surface area contributed by atoms with Crippen molar-refractivity contribution in [2.24, 2.45) is 0 Å². The van der Waals surface area contributed by atoms with E-state index in [9.17, 15) is 35.2 Å². The summed E-state index contributed by atoms with van der Waals surface area (Å²) in [4.78, 5) is 36.5. The summed E-state index contributed by atoms with van der Waals surface area (Å²) < 4.78 is 94.9. The molecule has 22 heteroatoms. The molecule has 4 aliphatic heterocycles. The second-order valence-corrected chi connectivity index (χ2v) is 23.1. The Labute approximate surface area is 409 Å². The lowest BCUT2D eigenvalue weighted by atomic mass is 10.0. The zero-order valence-electron chi connectivity index (χ0n) is 40.4. The van der Waals surface area contributed by atoms with Crippen LogP contribution in [0.15, 0.2) is 57.6 Å². The van der Waals surface area contributed by atoms with Crippen LogP contribution in [-0.4, -0.2) is 105 Å². The molecule has 0 spiro atoms. The minimum absolute atomic E-state index is 0.0178. The van der Waals surface area contributed by atoms with E-state index in [1.54, 1.807) is 6.92 Å². The van der Waals surface area contributed by atoms with Gasteiger partial charge >= 0.3 is 0 Å². The number of hydrogen-bond donors (Lipinski definition) is 1. The van der Waals surface area contributed by atoms with E-state index in [1.165, 1.54) is 26.0 Å². The van der Waals surface area contributed by atoms with Crippen LogP contribution >= 0.6 is 0 Å². The Morgan fingerprint density at radius 1 is 0.648 bits per heavy atom. The molecule has 1 N–H and O–H groups in total. The monoisotopic (exact) mass is 1010 g/mol. The summed E-state index contributed by atoms with van der Waals surface area (Å²) in [6.45, 7) is 10.7. The minimum Gasteiger partial charge on any atom is -0.361 e.